The molecule has 0 aliphatic rings. The van der Waals surface area contributed by atoms with Crippen molar-refractivity contribution in [3.05, 3.63) is 0 Å². The monoisotopic (exact) mass is 157 g/mol. The summed E-state index contributed by atoms with van der Waals surface area (Å²) in [6, 6.07) is -1.83. The highest BCUT2D eigenvalue weighted by atomic mass is 19.4. The molecule has 0 heterocycles. The molecule has 2 nitrogen and oxygen atoms in total. The number of nitrogens with one attached hydrogen (secondary N) is 1. The predicted molar refractivity (Wildman–Crippen MR) is 30.6 cm³/mol. The molecule has 0 aromatic carbocycles. The minimum atomic E-state index is -4.37. The third kappa shape index (κ3) is 2.53. The fourth-order valence-electron chi connectivity index (χ4n) is 0.678. The molecule has 10 heavy (non-hydrogen) atoms. The summed E-state index contributed by atoms with van der Waals surface area (Å²) in [4.78, 5) is 0. The second kappa shape index (κ2) is 3.21. The van der Waals surface area contributed by atoms with E-state index in [4.69, 9.17) is 5.11 Å². The zero-order chi connectivity index (χ0) is 8.36. The molecule has 0 aliphatic carbocycles. The van der Waals surface area contributed by atoms with Gasteiger partial charge in [0, 0.05) is 0 Å². The van der Waals surface area contributed by atoms with Crippen LogP contribution in [0.15, 0.2) is 0 Å². The van der Waals surface area contributed by atoms with Gasteiger partial charge in [-0.1, -0.05) is 0 Å². The van der Waals surface area contributed by atoms with Gasteiger partial charge in [0.1, 0.15) is 6.04 Å². The SMILES string of the molecule is CNC(C(C)O)C(F)(F)F. The van der Waals surface area contributed by atoms with Gasteiger partial charge in [-0.15, -0.1) is 0 Å². The third-order valence-corrected chi connectivity index (χ3v) is 1.15. The van der Waals surface area contributed by atoms with Gasteiger partial charge < -0.3 is 10.4 Å². The topological polar surface area (TPSA) is 32.3 Å². The largest absolute Gasteiger partial charge is 0.406 e. The summed E-state index contributed by atoms with van der Waals surface area (Å²) in [5.41, 5.74) is 0. The van der Waals surface area contributed by atoms with Crippen molar-refractivity contribution in [2.24, 2.45) is 0 Å². The summed E-state index contributed by atoms with van der Waals surface area (Å²) in [6.45, 7) is 1.09. The summed E-state index contributed by atoms with van der Waals surface area (Å²) < 4.78 is 35.2. The molecule has 0 saturated heterocycles. The van der Waals surface area contributed by atoms with E-state index in [1.807, 2.05) is 5.32 Å². The Morgan fingerprint density at radius 1 is 1.40 bits per heavy atom. The summed E-state index contributed by atoms with van der Waals surface area (Å²) in [6.07, 6.45) is -5.78. The number of hydrogen-bond donors (Lipinski definition) is 2. The van der Waals surface area contributed by atoms with Gasteiger partial charge in [0.2, 0.25) is 0 Å². The quantitative estimate of drug-likeness (QED) is 0.612. The smallest absolute Gasteiger partial charge is 0.391 e. The third-order valence-electron chi connectivity index (χ3n) is 1.15. The molecule has 2 unspecified atom stereocenters. The average Bonchev–Trinajstić information content (AvgIpc) is 1.60. The first-order valence-electron chi connectivity index (χ1n) is 2.81. The van der Waals surface area contributed by atoms with Gasteiger partial charge in [-0.05, 0) is 14.0 Å². The second-order valence-corrected chi connectivity index (χ2v) is 2.05. The molecule has 0 bridgehead atoms. The van der Waals surface area contributed by atoms with Crippen LogP contribution < -0.4 is 5.32 Å². The molecule has 0 aromatic heterocycles. The molecule has 5 heteroatoms. The molecular formula is C5H10F3NO. The van der Waals surface area contributed by atoms with E-state index < -0.39 is 18.3 Å². The van der Waals surface area contributed by atoms with Crippen LogP contribution in [0.3, 0.4) is 0 Å². The van der Waals surface area contributed by atoms with E-state index in [2.05, 4.69) is 0 Å². The van der Waals surface area contributed by atoms with E-state index in [1.54, 1.807) is 0 Å². The second-order valence-electron chi connectivity index (χ2n) is 2.05. The Morgan fingerprint density at radius 2 is 1.80 bits per heavy atom. The van der Waals surface area contributed by atoms with Gasteiger partial charge in [0.05, 0.1) is 6.10 Å². The van der Waals surface area contributed by atoms with Crippen molar-refractivity contribution >= 4 is 0 Å². The lowest BCUT2D eigenvalue weighted by atomic mass is 10.2. The number of hydrogen-bond acceptors (Lipinski definition) is 2. The van der Waals surface area contributed by atoms with Crippen molar-refractivity contribution in [2.45, 2.75) is 25.2 Å². The Bertz CT molecular complexity index is 102. The first kappa shape index (κ1) is 9.71. The van der Waals surface area contributed by atoms with Crippen molar-refractivity contribution in [1.82, 2.24) is 5.32 Å². The number of halogens is 3. The normalized spacial score (nSPS) is 18.6. The molecule has 2 N–H and O–H groups in total. The van der Waals surface area contributed by atoms with Crippen LogP contribution in [0.5, 0.6) is 0 Å². The highest BCUT2D eigenvalue weighted by Crippen LogP contribution is 2.21. The number of rotatable bonds is 2. The average molecular weight is 157 g/mol. The van der Waals surface area contributed by atoms with E-state index in [1.165, 1.54) is 0 Å². The number of aliphatic hydroxyl groups excluding tert-OH is 1. The summed E-state index contributed by atoms with van der Waals surface area (Å²) >= 11 is 0. The van der Waals surface area contributed by atoms with E-state index in [0.717, 1.165) is 14.0 Å². The first-order valence-corrected chi connectivity index (χ1v) is 2.81. The molecule has 2 atom stereocenters. The maximum absolute atomic E-state index is 11.7. The highest BCUT2D eigenvalue weighted by Gasteiger charge is 2.41. The standard InChI is InChI=1S/C5H10F3NO/c1-3(10)4(9-2)5(6,7)8/h3-4,9-10H,1-2H3. The Labute approximate surface area is 57.0 Å². The molecule has 0 rings (SSSR count). The van der Waals surface area contributed by atoms with Crippen LogP contribution in [-0.4, -0.2) is 30.5 Å². The minimum absolute atomic E-state index is 1.09. The first-order chi connectivity index (χ1) is 4.39. The molecule has 0 aliphatic heterocycles. The molecule has 0 aromatic rings. The van der Waals surface area contributed by atoms with Gasteiger partial charge in [0.25, 0.3) is 0 Å². The van der Waals surface area contributed by atoms with Crippen molar-refractivity contribution in [1.29, 1.82) is 0 Å². The predicted octanol–water partition coefficient (Wildman–Crippen LogP) is 0.517. The van der Waals surface area contributed by atoms with E-state index in [9.17, 15) is 13.2 Å². The molecule has 0 amide bonds. The van der Waals surface area contributed by atoms with Gasteiger partial charge in [0.15, 0.2) is 0 Å². The zero-order valence-corrected chi connectivity index (χ0v) is 5.74. The Kier molecular flexibility index (Phi) is 3.11. The fourth-order valence-corrected chi connectivity index (χ4v) is 0.678. The van der Waals surface area contributed by atoms with Crippen molar-refractivity contribution < 1.29 is 18.3 Å². The van der Waals surface area contributed by atoms with Crippen LogP contribution in [0.2, 0.25) is 0 Å². The van der Waals surface area contributed by atoms with Gasteiger partial charge in [-0.25, -0.2) is 0 Å². The van der Waals surface area contributed by atoms with Gasteiger partial charge in [-0.3, -0.25) is 0 Å². The zero-order valence-electron chi connectivity index (χ0n) is 5.74. The van der Waals surface area contributed by atoms with Crippen molar-refractivity contribution in [3.63, 3.8) is 0 Å². The minimum Gasteiger partial charge on any atom is -0.391 e. The van der Waals surface area contributed by atoms with Crippen LogP contribution in [0.4, 0.5) is 13.2 Å². The molecular weight excluding hydrogens is 147 g/mol. The summed E-state index contributed by atoms with van der Waals surface area (Å²) in [5.74, 6) is 0. The van der Waals surface area contributed by atoms with Crippen molar-refractivity contribution in [3.8, 4) is 0 Å². The van der Waals surface area contributed by atoms with E-state index in [0.29, 0.717) is 0 Å². The molecule has 0 spiro atoms. The lowest BCUT2D eigenvalue weighted by molar-refractivity contribution is -0.174. The number of likely N-dealkylation sites (N-methyl/N-ethyl adjacent to an activating group) is 1. The molecule has 0 radical (unpaired) electrons. The summed E-state index contributed by atoms with van der Waals surface area (Å²) in [7, 11) is 1.16. The molecule has 0 fully saturated rings. The van der Waals surface area contributed by atoms with Crippen LogP contribution in [0, 0.1) is 0 Å². The van der Waals surface area contributed by atoms with Crippen LogP contribution in [0.1, 0.15) is 6.92 Å². The Morgan fingerprint density at radius 3 is 1.80 bits per heavy atom. The maximum Gasteiger partial charge on any atom is 0.406 e. The van der Waals surface area contributed by atoms with Crippen LogP contribution in [0.25, 0.3) is 0 Å². The Balaban J connectivity index is 4.07. The van der Waals surface area contributed by atoms with Crippen LogP contribution in [-0.2, 0) is 0 Å². The highest BCUT2D eigenvalue weighted by molar-refractivity contribution is 4.77. The van der Waals surface area contributed by atoms with Gasteiger partial charge >= 0.3 is 6.18 Å². The maximum atomic E-state index is 11.7. The Hall–Kier alpha value is -0.290. The van der Waals surface area contributed by atoms with Gasteiger partial charge in [-0.2, -0.15) is 13.2 Å². The van der Waals surface area contributed by atoms with Crippen LogP contribution >= 0.6 is 0 Å². The lowest BCUT2D eigenvalue weighted by Crippen LogP contribution is -2.47. The number of aliphatic hydroxyl groups is 1. The van der Waals surface area contributed by atoms with E-state index in [-0.39, 0.29) is 0 Å². The van der Waals surface area contributed by atoms with Crippen molar-refractivity contribution in [2.75, 3.05) is 7.05 Å². The molecule has 0 saturated carbocycles. The van der Waals surface area contributed by atoms with E-state index >= 15 is 0 Å². The fraction of sp³-hybridized carbons (Fsp3) is 1.00. The summed E-state index contributed by atoms with van der Waals surface area (Å²) in [5, 5.41) is 10.5. The lowest BCUT2D eigenvalue weighted by Gasteiger charge is -2.21. The number of alkyl halides is 3. The molecule has 62 valence electrons.